The summed E-state index contributed by atoms with van der Waals surface area (Å²) in [7, 11) is 0. The van der Waals surface area contributed by atoms with Gasteiger partial charge in [-0.3, -0.25) is 14.5 Å². The Bertz CT molecular complexity index is 1210. The summed E-state index contributed by atoms with van der Waals surface area (Å²) in [6.07, 6.45) is 1.63. The lowest BCUT2D eigenvalue weighted by molar-refractivity contribution is -0.126. The highest BCUT2D eigenvalue weighted by Crippen LogP contribution is 2.32. The zero-order chi connectivity index (χ0) is 22.9. The number of nitrogens with zero attached hydrogens (tertiary/aromatic N) is 4. The zero-order valence-electron chi connectivity index (χ0n) is 17.6. The fourth-order valence-electron chi connectivity index (χ4n) is 4.34. The van der Waals surface area contributed by atoms with Crippen LogP contribution in [0.25, 0.3) is 11.4 Å². The van der Waals surface area contributed by atoms with E-state index in [0.717, 1.165) is 25.1 Å². The fraction of sp³-hybridized carbons (Fsp3) is 0.304. The van der Waals surface area contributed by atoms with Crippen molar-refractivity contribution in [1.82, 2.24) is 15.0 Å². The zero-order valence-corrected chi connectivity index (χ0v) is 19.1. The minimum absolute atomic E-state index is 0.0290. The molecule has 0 saturated carbocycles. The number of hydrogen-bond acceptors (Lipinski definition) is 6. The number of carbonyl (C=O) groups is 2. The second-order valence-electron chi connectivity index (χ2n) is 8.20. The van der Waals surface area contributed by atoms with Crippen molar-refractivity contribution in [2.75, 3.05) is 29.9 Å². The van der Waals surface area contributed by atoms with E-state index in [4.69, 9.17) is 27.7 Å². The van der Waals surface area contributed by atoms with Gasteiger partial charge >= 0.3 is 0 Å². The van der Waals surface area contributed by atoms with E-state index in [0.29, 0.717) is 46.1 Å². The number of amides is 2. The van der Waals surface area contributed by atoms with Crippen molar-refractivity contribution < 1.29 is 14.1 Å². The van der Waals surface area contributed by atoms with Crippen LogP contribution in [0.3, 0.4) is 0 Å². The number of nitrogens with one attached hydrogen (secondary N) is 1. The van der Waals surface area contributed by atoms with Crippen molar-refractivity contribution in [1.29, 1.82) is 0 Å². The Kier molecular flexibility index (Phi) is 6.05. The van der Waals surface area contributed by atoms with Gasteiger partial charge in [-0.2, -0.15) is 4.98 Å². The summed E-state index contributed by atoms with van der Waals surface area (Å²) >= 11 is 12.2. The molecule has 0 aliphatic carbocycles. The maximum atomic E-state index is 13.4. The van der Waals surface area contributed by atoms with Gasteiger partial charge in [0.1, 0.15) is 6.54 Å². The molecule has 3 aromatic rings. The highest BCUT2D eigenvalue weighted by molar-refractivity contribution is 6.36. The number of piperidine rings is 1. The van der Waals surface area contributed by atoms with Gasteiger partial charge in [0.25, 0.3) is 0 Å². The number of hydrogen-bond donors (Lipinski definition) is 1. The second-order valence-corrected chi connectivity index (χ2v) is 9.04. The third-order valence-electron chi connectivity index (χ3n) is 5.89. The lowest BCUT2D eigenvalue weighted by atomic mass is 9.95. The average Bonchev–Trinajstić information content (AvgIpc) is 3.26. The van der Waals surface area contributed by atoms with Crippen molar-refractivity contribution in [2.45, 2.75) is 19.4 Å². The molecule has 1 fully saturated rings. The van der Waals surface area contributed by atoms with Gasteiger partial charge in [0.05, 0.1) is 28.9 Å². The summed E-state index contributed by atoms with van der Waals surface area (Å²) in [5, 5.41) is 7.85. The number of fused-ring (bicyclic) bond motifs is 1. The van der Waals surface area contributed by atoms with Crippen LogP contribution < -0.4 is 10.2 Å². The molecule has 1 saturated heterocycles. The number of likely N-dealkylation sites (tertiary alicyclic amines) is 1. The maximum Gasteiger partial charge on any atom is 0.244 e. The normalized spacial score (nSPS) is 18.7. The largest absolute Gasteiger partial charge is 0.338 e. The summed E-state index contributed by atoms with van der Waals surface area (Å²) in [4.78, 5) is 33.7. The van der Waals surface area contributed by atoms with Gasteiger partial charge in [0, 0.05) is 17.1 Å². The smallest absolute Gasteiger partial charge is 0.244 e. The molecule has 3 heterocycles. The van der Waals surface area contributed by atoms with E-state index in [1.807, 2.05) is 18.2 Å². The van der Waals surface area contributed by atoms with E-state index in [-0.39, 0.29) is 24.3 Å². The standard InChI is InChI=1S/C23H21Cl2N5O3/c24-15-7-8-16(17(25)10-15)22-27-21(33-28-22)13-29-9-3-4-14(11-29)23(32)30-12-20(31)26-18-5-1-2-6-19(18)30/h1-2,5-8,10,14H,3-4,9,11-13H2,(H,26,31). The molecule has 33 heavy (non-hydrogen) atoms. The molecule has 1 N–H and O–H groups in total. The molecule has 8 nitrogen and oxygen atoms in total. The van der Waals surface area contributed by atoms with E-state index < -0.39 is 0 Å². The highest BCUT2D eigenvalue weighted by atomic mass is 35.5. The van der Waals surface area contributed by atoms with Crippen LogP contribution in [0, 0.1) is 5.92 Å². The molecule has 0 spiro atoms. The number of anilines is 2. The predicted molar refractivity (Wildman–Crippen MR) is 125 cm³/mol. The van der Waals surface area contributed by atoms with E-state index in [2.05, 4.69) is 20.4 Å². The third kappa shape index (κ3) is 4.59. The first-order valence-corrected chi connectivity index (χ1v) is 11.4. The molecule has 1 unspecified atom stereocenters. The molecule has 2 aliphatic heterocycles. The van der Waals surface area contributed by atoms with E-state index in [9.17, 15) is 9.59 Å². The van der Waals surface area contributed by atoms with Gasteiger partial charge in [-0.1, -0.05) is 40.5 Å². The van der Waals surface area contributed by atoms with Gasteiger partial charge in [0.2, 0.25) is 23.5 Å². The van der Waals surface area contributed by atoms with Crippen LogP contribution >= 0.6 is 23.2 Å². The van der Waals surface area contributed by atoms with Crippen LogP contribution in [0.1, 0.15) is 18.7 Å². The predicted octanol–water partition coefficient (Wildman–Crippen LogP) is 4.24. The van der Waals surface area contributed by atoms with Crippen LogP contribution in [-0.4, -0.2) is 46.5 Å². The van der Waals surface area contributed by atoms with Crippen LogP contribution in [0.2, 0.25) is 10.0 Å². The van der Waals surface area contributed by atoms with Crippen molar-refractivity contribution in [3.63, 3.8) is 0 Å². The maximum absolute atomic E-state index is 13.4. The summed E-state index contributed by atoms with van der Waals surface area (Å²) in [6, 6.07) is 12.5. The third-order valence-corrected chi connectivity index (χ3v) is 6.44. The van der Waals surface area contributed by atoms with Gasteiger partial charge < -0.3 is 14.7 Å². The summed E-state index contributed by atoms with van der Waals surface area (Å²) in [5.74, 6) is 0.403. The van der Waals surface area contributed by atoms with Crippen LogP contribution in [0.5, 0.6) is 0 Å². The lowest BCUT2D eigenvalue weighted by Crippen LogP contribution is -2.48. The number of carbonyl (C=O) groups excluding carboxylic acids is 2. The second kappa shape index (κ2) is 9.13. The number of para-hydroxylation sites is 2. The molecule has 1 aromatic heterocycles. The Hall–Kier alpha value is -2.94. The number of aromatic nitrogens is 2. The highest BCUT2D eigenvalue weighted by Gasteiger charge is 2.34. The Morgan fingerprint density at radius 3 is 2.91 bits per heavy atom. The van der Waals surface area contributed by atoms with E-state index in [1.165, 1.54) is 0 Å². The lowest BCUT2D eigenvalue weighted by Gasteiger charge is -2.36. The van der Waals surface area contributed by atoms with Crippen LogP contribution in [0.15, 0.2) is 47.0 Å². The fourth-order valence-corrected chi connectivity index (χ4v) is 4.83. The first-order valence-electron chi connectivity index (χ1n) is 10.7. The van der Waals surface area contributed by atoms with E-state index >= 15 is 0 Å². The summed E-state index contributed by atoms with van der Waals surface area (Å²) in [6.45, 7) is 1.83. The molecule has 1 atom stereocenters. The minimum Gasteiger partial charge on any atom is -0.338 e. The molecule has 10 heteroatoms. The molecular weight excluding hydrogens is 465 g/mol. The molecule has 5 rings (SSSR count). The number of rotatable bonds is 4. The first-order chi connectivity index (χ1) is 16.0. The molecule has 0 radical (unpaired) electrons. The molecule has 2 amide bonds. The average molecular weight is 486 g/mol. The van der Waals surface area contributed by atoms with Gasteiger partial charge in [-0.25, -0.2) is 0 Å². The Labute approximate surface area is 200 Å². The van der Waals surface area contributed by atoms with Crippen molar-refractivity contribution in [3.05, 3.63) is 58.4 Å². The Morgan fingerprint density at radius 1 is 1.21 bits per heavy atom. The van der Waals surface area contributed by atoms with Crippen LogP contribution in [0.4, 0.5) is 11.4 Å². The summed E-state index contributed by atoms with van der Waals surface area (Å²) < 4.78 is 5.44. The van der Waals surface area contributed by atoms with Crippen molar-refractivity contribution in [2.24, 2.45) is 5.92 Å². The van der Waals surface area contributed by atoms with Gasteiger partial charge in [0.15, 0.2) is 0 Å². The molecular formula is C23H21Cl2N5O3. The van der Waals surface area contributed by atoms with Gasteiger partial charge in [-0.05, 0) is 49.7 Å². The van der Waals surface area contributed by atoms with Gasteiger partial charge in [-0.15, -0.1) is 0 Å². The molecule has 170 valence electrons. The quantitative estimate of drug-likeness (QED) is 0.593. The monoisotopic (exact) mass is 485 g/mol. The first kappa shape index (κ1) is 21.9. The number of halogens is 2. The Balaban J connectivity index is 1.28. The van der Waals surface area contributed by atoms with Crippen molar-refractivity contribution in [3.8, 4) is 11.4 Å². The molecule has 0 bridgehead atoms. The SMILES string of the molecule is O=C1CN(C(=O)C2CCCN(Cc3nc(-c4ccc(Cl)cc4Cl)no3)C2)c2ccccc2N1. The molecule has 2 aromatic carbocycles. The Morgan fingerprint density at radius 2 is 2.06 bits per heavy atom. The number of benzene rings is 2. The molecule has 2 aliphatic rings. The topological polar surface area (TPSA) is 91.6 Å². The minimum atomic E-state index is -0.217. The summed E-state index contributed by atoms with van der Waals surface area (Å²) in [5.41, 5.74) is 2.04. The van der Waals surface area contributed by atoms with Crippen LogP contribution in [-0.2, 0) is 16.1 Å². The van der Waals surface area contributed by atoms with E-state index in [1.54, 1.807) is 29.2 Å². The van der Waals surface area contributed by atoms with Crippen molar-refractivity contribution >= 4 is 46.4 Å².